The van der Waals surface area contributed by atoms with Gasteiger partial charge in [0.2, 0.25) is 5.91 Å². The van der Waals surface area contributed by atoms with Crippen molar-refractivity contribution in [2.75, 3.05) is 38.1 Å². The van der Waals surface area contributed by atoms with Crippen LogP contribution >= 0.6 is 24.0 Å². The Morgan fingerprint density at radius 2 is 2.10 bits per heavy atom. The number of carbonyl (C=O) groups excluding carboxylic acids is 1. The molecule has 1 fully saturated rings. The van der Waals surface area contributed by atoms with Crippen molar-refractivity contribution in [1.29, 1.82) is 0 Å². The molecule has 2 heterocycles. The third-order valence-electron chi connectivity index (χ3n) is 4.49. The van der Waals surface area contributed by atoms with Crippen LogP contribution in [0.15, 0.2) is 41.7 Å². The lowest BCUT2D eigenvalue weighted by Gasteiger charge is -2.35. The number of aliphatic imine (C=N–C) groups is 1. The van der Waals surface area contributed by atoms with Crippen molar-refractivity contribution < 1.29 is 18.0 Å². The Hall–Kier alpha value is -2.75. The first-order chi connectivity index (χ1) is 14.3. The second-order valence-corrected chi connectivity index (χ2v) is 6.62. The van der Waals surface area contributed by atoms with E-state index in [0.29, 0.717) is 19.0 Å². The van der Waals surface area contributed by atoms with Gasteiger partial charge in [-0.2, -0.15) is 18.3 Å². The SMILES string of the molecule is CN=C(NCC#Cc1cccc(C(F)(F)F)c1)N1CCN(c2cnn(C)c2)C(=O)C1.I. The summed E-state index contributed by atoms with van der Waals surface area (Å²) in [6.07, 6.45) is -0.976. The number of aryl methyl sites for hydroxylation is 1. The molecule has 0 atom stereocenters. The zero-order valence-corrected chi connectivity index (χ0v) is 19.3. The van der Waals surface area contributed by atoms with Crippen molar-refractivity contribution in [2.45, 2.75) is 6.18 Å². The molecular formula is C20H22F3IN6O. The fourth-order valence-electron chi connectivity index (χ4n) is 3.05. The predicted molar refractivity (Wildman–Crippen MR) is 122 cm³/mol. The summed E-state index contributed by atoms with van der Waals surface area (Å²) in [7, 11) is 3.39. The summed E-state index contributed by atoms with van der Waals surface area (Å²) in [5, 5.41) is 7.11. The van der Waals surface area contributed by atoms with E-state index in [1.165, 1.54) is 12.1 Å². The summed E-state index contributed by atoms with van der Waals surface area (Å²) in [6.45, 7) is 1.39. The van der Waals surface area contributed by atoms with Crippen LogP contribution < -0.4 is 10.2 Å². The van der Waals surface area contributed by atoms with Crippen molar-refractivity contribution >= 4 is 41.5 Å². The zero-order valence-electron chi connectivity index (χ0n) is 17.0. The molecule has 3 rings (SSSR count). The lowest BCUT2D eigenvalue weighted by atomic mass is 10.1. The first-order valence-electron chi connectivity index (χ1n) is 9.18. The van der Waals surface area contributed by atoms with Gasteiger partial charge in [0.1, 0.15) is 6.54 Å². The van der Waals surface area contributed by atoms with E-state index in [-0.39, 0.29) is 48.5 Å². The van der Waals surface area contributed by atoms with Crippen LogP contribution in [0.3, 0.4) is 0 Å². The molecule has 0 bridgehead atoms. The maximum absolute atomic E-state index is 12.8. The summed E-state index contributed by atoms with van der Waals surface area (Å²) in [6, 6.07) is 4.87. The van der Waals surface area contributed by atoms with E-state index in [9.17, 15) is 18.0 Å². The van der Waals surface area contributed by atoms with E-state index in [1.54, 1.807) is 41.0 Å². The highest BCUT2D eigenvalue weighted by Crippen LogP contribution is 2.29. The minimum atomic E-state index is -4.40. The molecule has 166 valence electrons. The number of halogens is 4. The number of rotatable bonds is 2. The van der Waals surface area contributed by atoms with Gasteiger partial charge >= 0.3 is 6.18 Å². The number of alkyl halides is 3. The topological polar surface area (TPSA) is 65.8 Å². The number of amides is 1. The number of nitrogens with zero attached hydrogens (tertiary/aromatic N) is 5. The van der Waals surface area contributed by atoms with Crippen LogP contribution in [0.1, 0.15) is 11.1 Å². The lowest BCUT2D eigenvalue weighted by molar-refractivity contribution is -0.137. The van der Waals surface area contributed by atoms with Crippen LogP contribution in [0, 0.1) is 11.8 Å². The van der Waals surface area contributed by atoms with Crippen molar-refractivity contribution in [2.24, 2.45) is 12.0 Å². The monoisotopic (exact) mass is 546 g/mol. The number of hydrogen-bond donors (Lipinski definition) is 1. The van der Waals surface area contributed by atoms with Crippen molar-refractivity contribution in [3.8, 4) is 11.8 Å². The van der Waals surface area contributed by atoms with Crippen LogP contribution in [0.4, 0.5) is 18.9 Å². The third kappa shape index (κ3) is 6.36. The molecule has 1 N–H and O–H groups in total. The van der Waals surface area contributed by atoms with Crippen molar-refractivity contribution in [3.05, 3.63) is 47.8 Å². The molecule has 1 aliphatic rings. The average Bonchev–Trinajstić information content (AvgIpc) is 3.13. The van der Waals surface area contributed by atoms with E-state index < -0.39 is 11.7 Å². The molecule has 31 heavy (non-hydrogen) atoms. The largest absolute Gasteiger partial charge is 0.416 e. The summed E-state index contributed by atoms with van der Waals surface area (Å²) >= 11 is 0. The molecule has 1 saturated heterocycles. The van der Waals surface area contributed by atoms with Gasteiger partial charge in [-0.25, -0.2) is 0 Å². The van der Waals surface area contributed by atoms with Gasteiger partial charge in [0.25, 0.3) is 0 Å². The highest BCUT2D eigenvalue weighted by molar-refractivity contribution is 14.0. The number of guanidine groups is 1. The molecule has 0 radical (unpaired) electrons. The molecular weight excluding hydrogens is 524 g/mol. The molecule has 1 amide bonds. The molecule has 1 aliphatic heterocycles. The Labute approximate surface area is 195 Å². The first-order valence-corrected chi connectivity index (χ1v) is 9.18. The van der Waals surface area contributed by atoms with Gasteiger partial charge in [-0.15, -0.1) is 24.0 Å². The number of anilines is 1. The van der Waals surface area contributed by atoms with Crippen LogP contribution in [0.5, 0.6) is 0 Å². The van der Waals surface area contributed by atoms with E-state index in [4.69, 9.17) is 0 Å². The van der Waals surface area contributed by atoms with Gasteiger partial charge in [-0.1, -0.05) is 17.9 Å². The minimum absolute atomic E-state index is 0. The van der Waals surface area contributed by atoms with E-state index in [2.05, 4.69) is 27.2 Å². The van der Waals surface area contributed by atoms with Crippen LogP contribution in [-0.2, 0) is 18.0 Å². The smallest absolute Gasteiger partial charge is 0.345 e. The van der Waals surface area contributed by atoms with Gasteiger partial charge in [0.15, 0.2) is 5.96 Å². The zero-order chi connectivity index (χ0) is 21.7. The maximum atomic E-state index is 12.8. The van der Waals surface area contributed by atoms with Crippen LogP contribution in [-0.4, -0.2) is 59.8 Å². The van der Waals surface area contributed by atoms with Gasteiger partial charge in [0.05, 0.1) is 24.0 Å². The number of aromatic nitrogens is 2. The normalized spacial score (nSPS) is 14.6. The standard InChI is InChI=1S/C20H21F3N6O.HI/c1-24-19(25-8-4-6-15-5-3-7-16(11-15)20(21,22)23)28-9-10-29(18(30)14-28)17-12-26-27(2)13-17;/h3,5,7,11-13H,8-10,14H2,1-2H3,(H,24,25);1H. The molecule has 7 nitrogen and oxygen atoms in total. The molecule has 1 aromatic heterocycles. The fraction of sp³-hybridized carbons (Fsp3) is 0.350. The molecule has 1 aromatic carbocycles. The molecule has 0 aliphatic carbocycles. The van der Waals surface area contributed by atoms with Crippen LogP contribution in [0.25, 0.3) is 0 Å². The average molecular weight is 546 g/mol. The summed E-state index contributed by atoms with van der Waals surface area (Å²) < 4.78 is 39.9. The third-order valence-corrected chi connectivity index (χ3v) is 4.49. The van der Waals surface area contributed by atoms with Gasteiger partial charge in [-0.3, -0.25) is 14.5 Å². The van der Waals surface area contributed by atoms with Gasteiger partial charge in [0, 0.05) is 38.9 Å². The molecule has 0 spiro atoms. The molecule has 0 saturated carbocycles. The maximum Gasteiger partial charge on any atom is 0.416 e. The second-order valence-electron chi connectivity index (χ2n) is 6.62. The molecule has 11 heteroatoms. The second kappa shape index (κ2) is 10.5. The summed E-state index contributed by atoms with van der Waals surface area (Å²) in [5.41, 5.74) is 0.294. The van der Waals surface area contributed by atoms with Gasteiger partial charge < -0.3 is 15.1 Å². The summed E-state index contributed by atoms with van der Waals surface area (Å²) in [5.74, 6) is 5.93. The Kier molecular flexibility index (Phi) is 8.32. The fourth-order valence-corrected chi connectivity index (χ4v) is 3.05. The molecule has 2 aromatic rings. The van der Waals surface area contributed by atoms with E-state index in [0.717, 1.165) is 17.8 Å². The highest BCUT2D eigenvalue weighted by atomic mass is 127. The minimum Gasteiger partial charge on any atom is -0.345 e. The summed E-state index contributed by atoms with van der Waals surface area (Å²) in [4.78, 5) is 20.2. The van der Waals surface area contributed by atoms with Crippen molar-refractivity contribution in [1.82, 2.24) is 20.0 Å². The number of benzene rings is 1. The van der Waals surface area contributed by atoms with Gasteiger partial charge in [-0.05, 0) is 18.2 Å². The Balaban J connectivity index is 0.00000341. The van der Waals surface area contributed by atoms with Crippen molar-refractivity contribution in [3.63, 3.8) is 0 Å². The Bertz CT molecular complexity index is 1010. The number of carbonyl (C=O) groups is 1. The van der Waals surface area contributed by atoms with Crippen LogP contribution in [0.2, 0.25) is 0 Å². The Morgan fingerprint density at radius 3 is 2.71 bits per heavy atom. The lowest BCUT2D eigenvalue weighted by Crippen LogP contribution is -2.55. The number of piperazine rings is 1. The molecule has 0 unspecified atom stereocenters. The quantitative estimate of drug-likeness (QED) is 0.272. The highest BCUT2D eigenvalue weighted by Gasteiger charge is 2.30. The predicted octanol–water partition coefficient (Wildman–Crippen LogP) is 2.33. The van der Waals surface area contributed by atoms with E-state index >= 15 is 0 Å². The Morgan fingerprint density at radius 1 is 1.32 bits per heavy atom. The number of hydrogen-bond acceptors (Lipinski definition) is 3. The number of nitrogens with one attached hydrogen (secondary N) is 1. The van der Waals surface area contributed by atoms with E-state index in [1.807, 2.05) is 0 Å². The first kappa shape index (κ1) is 24.5.